The average Bonchev–Trinajstić information content (AvgIpc) is 2.85. The second-order valence-corrected chi connectivity index (χ2v) is 4.39. The Kier molecular flexibility index (Phi) is 3.62. The molecule has 2 rings (SSSR count). The third kappa shape index (κ3) is 2.76. The summed E-state index contributed by atoms with van der Waals surface area (Å²) < 4.78 is 0. The van der Waals surface area contributed by atoms with Gasteiger partial charge in [0.05, 0.1) is 28.3 Å². The van der Waals surface area contributed by atoms with E-state index in [1.807, 2.05) is 6.07 Å². The van der Waals surface area contributed by atoms with Crippen LogP contribution < -0.4 is 10.6 Å². The van der Waals surface area contributed by atoms with E-state index in [4.69, 9.17) is 16.9 Å². The van der Waals surface area contributed by atoms with Gasteiger partial charge in [-0.2, -0.15) is 5.26 Å². The number of nitrogens with one attached hydrogen (secondary N) is 2. The average molecular weight is 250 g/mol. The van der Waals surface area contributed by atoms with Crippen molar-refractivity contribution in [1.29, 1.82) is 5.26 Å². The van der Waals surface area contributed by atoms with Gasteiger partial charge in [-0.15, -0.1) is 0 Å². The summed E-state index contributed by atoms with van der Waals surface area (Å²) in [6, 6.07) is 6.83. The highest BCUT2D eigenvalue weighted by molar-refractivity contribution is 6.33. The Bertz CT molecular complexity index is 475. The fourth-order valence-electron chi connectivity index (χ4n) is 1.80. The molecular formula is C12H12ClN3O. The summed E-state index contributed by atoms with van der Waals surface area (Å²) in [7, 11) is 0. The van der Waals surface area contributed by atoms with Gasteiger partial charge in [-0.05, 0) is 31.2 Å². The number of nitrogens with zero attached hydrogens (tertiary/aromatic N) is 1. The molecule has 1 aromatic carbocycles. The minimum Gasteiger partial charge on any atom is -0.324 e. The number of nitriles is 1. The molecule has 0 bridgehead atoms. The maximum Gasteiger partial charge on any atom is 0.228 e. The van der Waals surface area contributed by atoms with Crippen LogP contribution in [-0.4, -0.2) is 19.0 Å². The molecule has 0 aliphatic carbocycles. The molecule has 2 N–H and O–H groups in total. The topological polar surface area (TPSA) is 64.9 Å². The van der Waals surface area contributed by atoms with Crippen LogP contribution in [0.25, 0.3) is 0 Å². The van der Waals surface area contributed by atoms with Gasteiger partial charge in [0.1, 0.15) is 0 Å². The van der Waals surface area contributed by atoms with Crippen molar-refractivity contribution >= 4 is 23.2 Å². The second kappa shape index (κ2) is 5.17. The van der Waals surface area contributed by atoms with E-state index in [1.54, 1.807) is 18.2 Å². The van der Waals surface area contributed by atoms with Crippen LogP contribution in [0.2, 0.25) is 5.02 Å². The molecule has 1 aliphatic heterocycles. The fourth-order valence-corrected chi connectivity index (χ4v) is 1.97. The molecule has 1 fully saturated rings. The SMILES string of the molecule is N#Cc1ccc(Cl)c(NC(=O)C2CCNC2)c1. The Balaban J connectivity index is 2.12. The standard InChI is InChI=1S/C12H12ClN3O/c13-10-2-1-8(6-14)5-11(10)16-12(17)9-3-4-15-7-9/h1-2,5,9,15H,3-4,7H2,(H,16,17). The van der Waals surface area contributed by atoms with E-state index in [1.165, 1.54) is 0 Å². The predicted octanol–water partition coefficient (Wildman–Crippen LogP) is 1.76. The van der Waals surface area contributed by atoms with Crippen LogP contribution in [0.3, 0.4) is 0 Å². The summed E-state index contributed by atoms with van der Waals surface area (Å²) in [6.45, 7) is 1.56. The summed E-state index contributed by atoms with van der Waals surface area (Å²) in [5.74, 6) is -0.0659. The lowest BCUT2D eigenvalue weighted by molar-refractivity contribution is -0.119. The van der Waals surface area contributed by atoms with Crippen molar-refractivity contribution in [3.63, 3.8) is 0 Å². The number of hydrogen-bond acceptors (Lipinski definition) is 3. The molecular weight excluding hydrogens is 238 g/mol. The van der Waals surface area contributed by atoms with Crippen LogP contribution in [-0.2, 0) is 4.79 Å². The molecule has 1 saturated heterocycles. The lowest BCUT2D eigenvalue weighted by atomic mass is 10.1. The number of hydrogen-bond donors (Lipinski definition) is 2. The van der Waals surface area contributed by atoms with Gasteiger partial charge in [0.15, 0.2) is 0 Å². The Labute approximate surface area is 105 Å². The van der Waals surface area contributed by atoms with Crippen molar-refractivity contribution in [1.82, 2.24) is 5.32 Å². The largest absolute Gasteiger partial charge is 0.324 e. The number of carbonyl (C=O) groups is 1. The van der Waals surface area contributed by atoms with Crippen LogP contribution in [0, 0.1) is 17.2 Å². The van der Waals surface area contributed by atoms with E-state index in [9.17, 15) is 4.79 Å². The Morgan fingerprint density at radius 3 is 3.06 bits per heavy atom. The zero-order valence-electron chi connectivity index (χ0n) is 9.16. The zero-order chi connectivity index (χ0) is 12.3. The van der Waals surface area contributed by atoms with Crippen LogP contribution in [0.1, 0.15) is 12.0 Å². The first-order valence-electron chi connectivity index (χ1n) is 5.42. The minimum atomic E-state index is -0.0491. The van der Waals surface area contributed by atoms with E-state index in [2.05, 4.69) is 10.6 Å². The third-order valence-corrected chi connectivity index (χ3v) is 3.11. The number of rotatable bonds is 2. The maximum atomic E-state index is 11.9. The summed E-state index contributed by atoms with van der Waals surface area (Å²) >= 11 is 5.96. The smallest absolute Gasteiger partial charge is 0.228 e. The first-order chi connectivity index (χ1) is 8.20. The van der Waals surface area contributed by atoms with Crippen molar-refractivity contribution in [2.75, 3.05) is 18.4 Å². The Morgan fingerprint density at radius 2 is 2.41 bits per heavy atom. The van der Waals surface area contributed by atoms with Gasteiger partial charge >= 0.3 is 0 Å². The molecule has 5 heteroatoms. The Hall–Kier alpha value is -1.57. The van der Waals surface area contributed by atoms with Crippen molar-refractivity contribution in [2.45, 2.75) is 6.42 Å². The van der Waals surface area contributed by atoms with Gasteiger partial charge in [0.2, 0.25) is 5.91 Å². The van der Waals surface area contributed by atoms with Crippen molar-refractivity contribution in [3.8, 4) is 6.07 Å². The fraction of sp³-hybridized carbons (Fsp3) is 0.333. The monoisotopic (exact) mass is 249 g/mol. The van der Waals surface area contributed by atoms with E-state index >= 15 is 0 Å². The van der Waals surface area contributed by atoms with Crippen molar-refractivity contribution in [3.05, 3.63) is 28.8 Å². The molecule has 1 amide bonds. The van der Waals surface area contributed by atoms with Gasteiger partial charge in [-0.1, -0.05) is 11.6 Å². The van der Waals surface area contributed by atoms with Gasteiger partial charge < -0.3 is 10.6 Å². The van der Waals surface area contributed by atoms with Gasteiger partial charge in [-0.25, -0.2) is 0 Å². The normalized spacial score (nSPS) is 18.7. The van der Waals surface area contributed by atoms with Crippen LogP contribution >= 0.6 is 11.6 Å². The highest BCUT2D eigenvalue weighted by atomic mass is 35.5. The molecule has 1 unspecified atom stereocenters. The second-order valence-electron chi connectivity index (χ2n) is 3.99. The molecule has 88 valence electrons. The molecule has 0 saturated carbocycles. The lowest BCUT2D eigenvalue weighted by Crippen LogP contribution is -2.24. The van der Waals surface area contributed by atoms with Crippen molar-refractivity contribution < 1.29 is 4.79 Å². The van der Waals surface area contributed by atoms with Crippen molar-refractivity contribution in [2.24, 2.45) is 5.92 Å². The highest BCUT2D eigenvalue weighted by Gasteiger charge is 2.22. The molecule has 0 radical (unpaired) electrons. The lowest BCUT2D eigenvalue weighted by Gasteiger charge is -2.11. The molecule has 1 aromatic rings. The predicted molar refractivity (Wildman–Crippen MR) is 65.8 cm³/mol. The first kappa shape index (κ1) is 11.9. The van der Waals surface area contributed by atoms with Gasteiger partial charge in [0, 0.05) is 6.54 Å². The van der Waals surface area contributed by atoms with Crippen LogP contribution in [0.4, 0.5) is 5.69 Å². The van der Waals surface area contributed by atoms with E-state index < -0.39 is 0 Å². The summed E-state index contributed by atoms with van der Waals surface area (Å²) in [6.07, 6.45) is 0.835. The molecule has 1 aliphatic rings. The highest BCUT2D eigenvalue weighted by Crippen LogP contribution is 2.24. The third-order valence-electron chi connectivity index (χ3n) is 2.78. The molecule has 4 nitrogen and oxygen atoms in total. The summed E-state index contributed by atoms with van der Waals surface area (Å²) in [5, 5.41) is 15.1. The molecule has 1 atom stereocenters. The number of amides is 1. The molecule has 1 heterocycles. The zero-order valence-corrected chi connectivity index (χ0v) is 9.92. The van der Waals surface area contributed by atoms with Gasteiger partial charge in [0.25, 0.3) is 0 Å². The number of carbonyl (C=O) groups excluding carboxylic acids is 1. The molecule has 17 heavy (non-hydrogen) atoms. The van der Waals surface area contributed by atoms with E-state index in [-0.39, 0.29) is 11.8 Å². The Morgan fingerprint density at radius 1 is 1.59 bits per heavy atom. The minimum absolute atomic E-state index is 0.0168. The summed E-state index contributed by atoms with van der Waals surface area (Å²) in [5.41, 5.74) is 0.983. The quantitative estimate of drug-likeness (QED) is 0.840. The summed E-state index contributed by atoms with van der Waals surface area (Å²) in [4.78, 5) is 11.9. The molecule has 0 spiro atoms. The van der Waals surface area contributed by atoms with E-state index in [0.29, 0.717) is 22.8 Å². The van der Waals surface area contributed by atoms with E-state index in [0.717, 1.165) is 13.0 Å². The van der Waals surface area contributed by atoms with Crippen LogP contribution in [0.5, 0.6) is 0 Å². The van der Waals surface area contributed by atoms with Crippen LogP contribution in [0.15, 0.2) is 18.2 Å². The number of anilines is 1. The maximum absolute atomic E-state index is 11.9. The molecule has 0 aromatic heterocycles. The number of halogens is 1. The van der Waals surface area contributed by atoms with Gasteiger partial charge in [-0.3, -0.25) is 4.79 Å². The number of benzene rings is 1. The first-order valence-corrected chi connectivity index (χ1v) is 5.79.